The molecular formula is C43H38ClN17. The number of hydrogen-bond acceptors (Lipinski definition) is 14. The fraction of sp³-hybridized carbons (Fsp3) is 0.116. The summed E-state index contributed by atoms with van der Waals surface area (Å²) in [6.07, 6.45) is 12.3. The Morgan fingerprint density at radius 2 is 1.16 bits per heavy atom. The molecule has 11 rings (SSSR count). The van der Waals surface area contributed by atoms with Gasteiger partial charge in [0.1, 0.15) is 35.3 Å². The molecule has 61 heavy (non-hydrogen) atoms. The van der Waals surface area contributed by atoms with E-state index in [1.54, 1.807) is 46.2 Å². The molecule has 302 valence electrons. The maximum Gasteiger partial charge on any atom is 0.236 e. The molecule has 7 aromatic heterocycles. The molecule has 3 aromatic carbocycles. The largest absolute Gasteiger partial charge is 0.369 e. The van der Waals surface area contributed by atoms with Crippen molar-refractivity contribution in [2.24, 2.45) is 0 Å². The lowest BCUT2D eigenvalue weighted by Gasteiger charge is -2.22. The molecule has 0 radical (unpaired) electrons. The van der Waals surface area contributed by atoms with E-state index in [1.165, 1.54) is 19.2 Å². The highest BCUT2D eigenvalue weighted by atomic mass is 35.5. The first kappa shape index (κ1) is 38.5. The van der Waals surface area contributed by atoms with E-state index in [1.807, 2.05) is 95.7 Å². The van der Waals surface area contributed by atoms with E-state index < -0.39 is 0 Å². The zero-order valence-electron chi connectivity index (χ0n) is 32.8. The maximum absolute atomic E-state index is 6.09. The molecule has 10 aromatic rings. The lowest BCUT2D eigenvalue weighted by atomic mass is 10.1. The van der Waals surface area contributed by atoms with Crippen LogP contribution in [0.4, 0.5) is 23.7 Å². The Labute approximate surface area is 353 Å². The second-order valence-corrected chi connectivity index (χ2v) is 14.4. The van der Waals surface area contributed by atoms with Crippen LogP contribution in [0.5, 0.6) is 0 Å². The average Bonchev–Trinajstić information content (AvgIpc) is 4.05. The van der Waals surface area contributed by atoms with Crippen LogP contribution < -0.4 is 22.1 Å². The number of pyridine rings is 1. The van der Waals surface area contributed by atoms with E-state index in [0.29, 0.717) is 40.8 Å². The van der Waals surface area contributed by atoms with E-state index in [9.17, 15) is 0 Å². The molecule has 1 saturated heterocycles. The summed E-state index contributed by atoms with van der Waals surface area (Å²) in [6.45, 7) is 3.27. The number of rotatable bonds is 5. The van der Waals surface area contributed by atoms with Gasteiger partial charge in [0.05, 0.1) is 33.1 Å². The molecule has 0 saturated carbocycles. The minimum Gasteiger partial charge on any atom is -0.369 e. The van der Waals surface area contributed by atoms with Crippen molar-refractivity contribution in [1.29, 1.82) is 0 Å². The van der Waals surface area contributed by atoms with Crippen molar-refractivity contribution < 1.29 is 0 Å². The Hall–Kier alpha value is -8.05. The van der Waals surface area contributed by atoms with Gasteiger partial charge in [-0.15, -0.1) is 0 Å². The molecule has 8 heterocycles. The highest BCUT2D eigenvalue weighted by Crippen LogP contribution is 2.29. The molecule has 0 amide bonds. The van der Waals surface area contributed by atoms with Crippen molar-refractivity contribution in [2.45, 2.75) is 25.8 Å². The van der Waals surface area contributed by atoms with Crippen LogP contribution in [0, 0.1) is 0 Å². The molecule has 1 unspecified atom stereocenters. The highest BCUT2D eigenvalue weighted by molar-refractivity contribution is 6.29. The lowest BCUT2D eigenvalue weighted by molar-refractivity contribution is 0.725. The van der Waals surface area contributed by atoms with Gasteiger partial charge in [0.15, 0.2) is 0 Å². The Morgan fingerprint density at radius 1 is 0.557 bits per heavy atom. The minimum absolute atomic E-state index is 0.365. The number of nitrogens with two attached hydrogens (primary N) is 3. The van der Waals surface area contributed by atoms with Gasteiger partial charge in [0, 0.05) is 55.1 Å². The zero-order valence-corrected chi connectivity index (χ0v) is 33.5. The SMILES string of the molecule is CC1CCCN1c1cc(-n2c(N)nc3ccccc32)ncn1.Nc1nc2cc(-c3cccnc3)ccc2n1-c1ncccn1.Nc1nc2ccccc2n1-c1cc(Cl)ncn1. The van der Waals surface area contributed by atoms with Crippen LogP contribution in [0.25, 0.3) is 61.8 Å². The number of para-hydroxylation sites is 4. The number of aromatic nitrogens is 13. The summed E-state index contributed by atoms with van der Waals surface area (Å²) in [5.41, 5.74) is 25.3. The third-order valence-corrected chi connectivity index (χ3v) is 10.4. The number of nitrogen functional groups attached to an aromatic ring is 3. The molecule has 1 aliphatic rings. The molecular weight excluding hydrogens is 790 g/mol. The number of hydrogen-bond donors (Lipinski definition) is 3. The molecule has 1 fully saturated rings. The first-order chi connectivity index (χ1) is 29.8. The quantitative estimate of drug-likeness (QED) is 0.150. The summed E-state index contributed by atoms with van der Waals surface area (Å²) in [7, 11) is 0. The molecule has 1 aliphatic heterocycles. The summed E-state index contributed by atoms with van der Waals surface area (Å²) in [4.78, 5) is 44.8. The monoisotopic (exact) mass is 827 g/mol. The summed E-state index contributed by atoms with van der Waals surface area (Å²) in [5.74, 6) is 4.01. The van der Waals surface area contributed by atoms with Crippen molar-refractivity contribution in [3.63, 3.8) is 0 Å². The predicted octanol–water partition coefficient (Wildman–Crippen LogP) is 6.90. The smallest absolute Gasteiger partial charge is 0.236 e. The zero-order chi connectivity index (χ0) is 41.9. The van der Waals surface area contributed by atoms with Crippen LogP contribution in [0.2, 0.25) is 5.15 Å². The third kappa shape index (κ3) is 7.79. The molecule has 0 bridgehead atoms. The van der Waals surface area contributed by atoms with Gasteiger partial charge in [-0.2, -0.15) is 0 Å². The van der Waals surface area contributed by atoms with Gasteiger partial charge < -0.3 is 22.1 Å². The van der Waals surface area contributed by atoms with Crippen LogP contribution in [-0.2, 0) is 0 Å². The molecule has 6 N–H and O–H groups in total. The number of halogens is 1. The van der Waals surface area contributed by atoms with Gasteiger partial charge in [-0.25, -0.2) is 49.4 Å². The minimum atomic E-state index is 0.365. The molecule has 0 spiro atoms. The summed E-state index contributed by atoms with van der Waals surface area (Å²) in [5, 5.41) is 0.368. The second-order valence-electron chi connectivity index (χ2n) is 14.0. The van der Waals surface area contributed by atoms with Crippen molar-refractivity contribution in [2.75, 3.05) is 28.6 Å². The van der Waals surface area contributed by atoms with E-state index in [-0.39, 0.29) is 0 Å². The van der Waals surface area contributed by atoms with Crippen LogP contribution in [0.15, 0.2) is 135 Å². The summed E-state index contributed by atoms with van der Waals surface area (Å²) < 4.78 is 5.35. The summed E-state index contributed by atoms with van der Waals surface area (Å²) in [6, 6.07) is 31.3. The van der Waals surface area contributed by atoms with Crippen molar-refractivity contribution >= 4 is 68.4 Å². The topological polar surface area (TPSA) is 225 Å². The van der Waals surface area contributed by atoms with Crippen molar-refractivity contribution in [3.8, 4) is 28.7 Å². The molecule has 0 aliphatic carbocycles. The fourth-order valence-electron chi connectivity index (χ4n) is 7.34. The number of imidazole rings is 3. The number of anilines is 4. The normalized spacial score (nSPS) is 13.5. The Kier molecular flexibility index (Phi) is 10.5. The number of benzene rings is 3. The first-order valence-electron chi connectivity index (χ1n) is 19.3. The summed E-state index contributed by atoms with van der Waals surface area (Å²) >= 11 is 5.84. The van der Waals surface area contributed by atoms with Crippen LogP contribution >= 0.6 is 11.6 Å². The molecule has 18 heteroatoms. The maximum atomic E-state index is 6.09. The van der Waals surface area contributed by atoms with Crippen LogP contribution in [0.1, 0.15) is 19.8 Å². The predicted molar refractivity (Wildman–Crippen MR) is 238 cm³/mol. The highest BCUT2D eigenvalue weighted by Gasteiger charge is 2.23. The van der Waals surface area contributed by atoms with Crippen LogP contribution in [0.3, 0.4) is 0 Å². The molecule has 17 nitrogen and oxygen atoms in total. The van der Waals surface area contributed by atoms with E-state index >= 15 is 0 Å². The van der Waals surface area contributed by atoms with Crippen molar-refractivity contribution in [3.05, 3.63) is 140 Å². The third-order valence-electron chi connectivity index (χ3n) is 10.2. The number of nitrogens with zero attached hydrogens (tertiary/aromatic N) is 14. The Bertz CT molecular complexity index is 3110. The lowest BCUT2D eigenvalue weighted by Crippen LogP contribution is -2.27. The van der Waals surface area contributed by atoms with E-state index in [0.717, 1.165) is 62.4 Å². The number of fused-ring (bicyclic) bond motifs is 3. The average molecular weight is 828 g/mol. The van der Waals surface area contributed by atoms with Gasteiger partial charge in [-0.1, -0.05) is 48.0 Å². The Morgan fingerprint density at radius 3 is 1.80 bits per heavy atom. The fourth-order valence-corrected chi connectivity index (χ4v) is 7.48. The van der Waals surface area contributed by atoms with E-state index in [4.69, 9.17) is 28.8 Å². The van der Waals surface area contributed by atoms with Crippen molar-refractivity contribution in [1.82, 2.24) is 63.5 Å². The van der Waals surface area contributed by atoms with Gasteiger partial charge >= 0.3 is 0 Å². The first-order valence-corrected chi connectivity index (χ1v) is 19.7. The molecule has 1 atom stereocenters. The van der Waals surface area contributed by atoms with Crippen LogP contribution in [-0.4, -0.2) is 76.1 Å². The van der Waals surface area contributed by atoms with Gasteiger partial charge in [0.25, 0.3) is 0 Å². The van der Waals surface area contributed by atoms with Gasteiger partial charge in [-0.05, 0) is 73.9 Å². The Balaban J connectivity index is 0.000000118. The van der Waals surface area contributed by atoms with Gasteiger partial charge in [-0.3, -0.25) is 14.1 Å². The standard InChI is InChI=1S/C16H18N6.C16H12N6.C11H8ClN5/c1-11-5-4-8-21(11)14-9-15(19-10-18-14)22-13-7-3-2-6-12(13)20-16(22)17;17-15-21-13-9-11(12-3-1-6-18-10-12)4-5-14(13)22(15)16-19-7-2-8-20-16;12-9-5-10(15-6-14-9)17-8-4-2-1-3-7(8)16-11(17)13/h2-3,6-7,9-11H,4-5,8H2,1H3,(H2,17,20);1-10H,(H2,17,21);1-6H,(H2,13,16). The van der Waals surface area contributed by atoms with Gasteiger partial charge in [0.2, 0.25) is 23.8 Å². The second kappa shape index (κ2) is 16.7. The van der Waals surface area contributed by atoms with E-state index in [2.05, 4.69) is 61.7 Å².